The summed E-state index contributed by atoms with van der Waals surface area (Å²) in [5, 5.41) is 4.80. The number of aromatic nitrogens is 4. The number of aryl methyl sites for hydroxylation is 2. The van der Waals surface area contributed by atoms with Crippen molar-refractivity contribution >= 4 is 43.6 Å². The Bertz CT molecular complexity index is 3710. The maximum atomic E-state index is 2.44. The number of para-hydroxylation sites is 2. The Balaban J connectivity index is 0.981. The summed E-state index contributed by atoms with van der Waals surface area (Å²) < 4.78 is 9.66. The van der Waals surface area contributed by atoms with Crippen molar-refractivity contribution in [3.05, 3.63) is 254 Å². The van der Waals surface area contributed by atoms with Crippen molar-refractivity contribution < 1.29 is 0 Å². The molecule has 4 heteroatoms. The molecule has 13 aromatic rings. The van der Waals surface area contributed by atoms with Gasteiger partial charge in [-0.2, -0.15) is 0 Å². The van der Waals surface area contributed by atoms with Crippen LogP contribution in [0, 0.1) is 13.8 Å². The number of fused-ring (bicyclic) bond motifs is 4. The molecule has 0 N–H and O–H groups in total. The molecule has 0 aliphatic carbocycles. The minimum Gasteiger partial charge on any atom is -0.309 e. The van der Waals surface area contributed by atoms with Crippen molar-refractivity contribution in [2.45, 2.75) is 13.8 Å². The summed E-state index contributed by atoms with van der Waals surface area (Å²) in [6.07, 6.45) is 0. The molecular weight excluding hydrogens is 825 g/mol. The van der Waals surface area contributed by atoms with Gasteiger partial charge in [0.1, 0.15) is 0 Å². The van der Waals surface area contributed by atoms with Crippen LogP contribution >= 0.6 is 0 Å². The Morgan fingerprint density at radius 2 is 0.500 bits per heavy atom. The topological polar surface area (TPSA) is 19.7 Å². The van der Waals surface area contributed by atoms with Crippen LogP contribution in [0.25, 0.3) is 111 Å². The van der Waals surface area contributed by atoms with Crippen LogP contribution in [0.1, 0.15) is 11.1 Å². The van der Waals surface area contributed by atoms with E-state index >= 15 is 0 Å². The van der Waals surface area contributed by atoms with Crippen molar-refractivity contribution in [1.82, 2.24) is 18.3 Å². The molecule has 4 aromatic heterocycles. The largest absolute Gasteiger partial charge is 0.309 e. The van der Waals surface area contributed by atoms with E-state index in [4.69, 9.17) is 0 Å². The summed E-state index contributed by atoms with van der Waals surface area (Å²) in [5.41, 5.74) is 21.0. The van der Waals surface area contributed by atoms with Crippen LogP contribution in [-0.2, 0) is 0 Å². The average molecular weight is 871 g/mol. The van der Waals surface area contributed by atoms with Gasteiger partial charge in [-0.3, -0.25) is 0 Å². The lowest BCUT2D eigenvalue weighted by Crippen LogP contribution is -2.00. The van der Waals surface area contributed by atoms with E-state index in [1.807, 2.05) is 0 Å². The summed E-state index contributed by atoms with van der Waals surface area (Å²) >= 11 is 0. The molecule has 0 saturated carbocycles. The van der Waals surface area contributed by atoms with Crippen molar-refractivity contribution in [2.24, 2.45) is 0 Å². The van der Waals surface area contributed by atoms with Crippen LogP contribution in [0.5, 0.6) is 0 Å². The zero-order chi connectivity index (χ0) is 45.3. The highest BCUT2D eigenvalue weighted by Crippen LogP contribution is 2.40. The smallest absolute Gasteiger partial charge is 0.0542 e. The number of benzene rings is 9. The van der Waals surface area contributed by atoms with Gasteiger partial charge in [-0.25, -0.2) is 0 Å². The van der Waals surface area contributed by atoms with Gasteiger partial charge < -0.3 is 18.3 Å². The molecule has 0 atom stereocenters. The molecule has 322 valence electrons. The number of nitrogens with zero attached hydrogens (tertiary/aromatic N) is 4. The molecule has 0 amide bonds. The van der Waals surface area contributed by atoms with E-state index in [2.05, 4.69) is 275 Å². The molecule has 0 aliphatic heterocycles. The normalized spacial score (nSPS) is 11.7. The Kier molecular flexibility index (Phi) is 9.26. The molecule has 0 aliphatic rings. The van der Waals surface area contributed by atoms with Crippen LogP contribution in [0.15, 0.2) is 243 Å². The third kappa shape index (κ3) is 6.60. The first kappa shape index (κ1) is 39.5. The Morgan fingerprint density at radius 3 is 0.853 bits per heavy atom. The number of hydrogen-bond donors (Lipinski definition) is 0. The van der Waals surface area contributed by atoms with Crippen LogP contribution in [0.4, 0.5) is 0 Å². The van der Waals surface area contributed by atoms with Gasteiger partial charge >= 0.3 is 0 Å². The molecule has 68 heavy (non-hydrogen) atoms. The fourth-order valence-electron chi connectivity index (χ4n) is 10.4. The number of rotatable bonds is 8. The van der Waals surface area contributed by atoms with Gasteiger partial charge in [0.2, 0.25) is 0 Å². The highest BCUT2D eigenvalue weighted by molar-refractivity contribution is 6.02. The van der Waals surface area contributed by atoms with Gasteiger partial charge in [-0.05, 0) is 133 Å². The molecule has 9 aromatic carbocycles. The second kappa shape index (κ2) is 15.9. The maximum absolute atomic E-state index is 2.44. The number of hydrogen-bond acceptors (Lipinski definition) is 0. The van der Waals surface area contributed by atoms with Crippen molar-refractivity contribution in [3.8, 4) is 67.8 Å². The second-order valence-corrected chi connectivity index (χ2v) is 18.0. The van der Waals surface area contributed by atoms with E-state index in [-0.39, 0.29) is 0 Å². The molecule has 0 bridgehead atoms. The Hall–Kier alpha value is -8.86. The third-order valence-electron chi connectivity index (χ3n) is 13.7. The molecule has 0 radical (unpaired) electrons. The molecule has 0 saturated heterocycles. The summed E-state index contributed by atoms with van der Waals surface area (Å²) in [7, 11) is 0. The maximum Gasteiger partial charge on any atom is 0.0542 e. The summed E-state index contributed by atoms with van der Waals surface area (Å²) in [6, 6.07) is 88.9. The standard InChI is InChI=1S/C64H46N4/c1-43-21-25-47(26-22-43)61-39-51-41-64-52(42-63(51)67(61)55-33-29-53(30-34-55)65-57-19-11-9-17-49(57)37-59(65)45-13-5-3-6-14-45)40-62(48-27-23-44(2)24-28-48)68(64)56-35-31-54(32-36-56)66-58-20-12-10-18-50(58)38-60(66)46-15-7-4-8-16-46/h3-42H,1-2H3. The van der Waals surface area contributed by atoms with E-state index in [1.165, 1.54) is 77.3 Å². The molecule has 0 unspecified atom stereocenters. The van der Waals surface area contributed by atoms with Gasteiger partial charge in [0.05, 0.1) is 44.8 Å². The first-order chi connectivity index (χ1) is 33.5. The van der Waals surface area contributed by atoms with Crippen molar-refractivity contribution in [3.63, 3.8) is 0 Å². The lowest BCUT2D eigenvalue weighted by atomic mass is 10.1. The van der Waals surface area contributed by atoms with E-state index < -0.39 is 0 Å². The van der Waals surface area contributed by atoms with E-state index in [0.29, 0.717) is 0 Å². The quantitative estimate of drug-likeness (QED) is 0.145. The molecule has 0 spiro atoms. The minimum absolute atomic E-state index is 1.11. The van der Waals surface area contributed by atoms with Crippen molar-refractivity contribution in [1.29, 1.82) is 0 Å². The van der Waals surface area contributed by atoms with Crippen LogP contribution in [0.2, 0.25) is 0 Å². The van der Waals surface area contributed by atoms with Crippen LogP contribution in [0.3, 0.4) is 0 Å². The fourth-order valence-corrected chi connectivity index (χ4v) is 10.4. The van der Waals surface area contributed by atoms with E-state index in [1.54, 1.807) is 0 Å². The summed E-state index contributed by atoms with van der Waals surface area (Å²) in [5.74, 6) is 0. The van der Waals surface area contributed by atoms with Gasteiger partial charge in [0.15, 0.2) is 0 Å². The molecule has 13 rings (SSSR count). The van der Waals surface area contributed by atoms with Crippen molar-refractivity contribution in [2.75, 3.05) is 0 Å². The molecule has 4 nitrogen and oxygen atoms in total. The second-order valence-electron chi connectivity index (χ2n) is 18.0. The molecular formula is C64H46N4. The highest BCUT2D eigenvalue weighted by Gasteiger charge is 2.20. The van der Waals surface area contributed by atoms with Crippen LogP contribution in [-0.4, -0.2) is 18.3 Å². The highest BCUT2D eigenvalue weighted by atomic mass is 15.0. The van der Waals surface area contributed by atoms with Gasteiger partial charge in [-0.1, -0.05) is 157 Å². The molecule has 4 heterocycles. The minimum atomic E-state index is 1.11. The summed E-state index contributed by atoms with van der Waals surface area (Å²) in [4.78, 5) is 0. The Morgan fingerprint density at radius 1 is 0.221 bits per heavy atom. The molecule has 0 fully saturated rings. The zero-order valence-corrected chi connectivity index (χ0v) is 37.9. The predicted molar refractivity (Wildman–Crippen MR) is 285 cm³/mol. The zero-order valence-electron chi connectivity index (χ0n) is 37.9. The Labute approximate surface area is 395 Å². The fraction of sp³-hybridized carbons (Fsp3) is 0.0312. The SMILES string of the molecule is Cc1ccc(-c2cc3cc4c(cc(-c5ccc(C)cc5)n4-c4ccc(-n5c(-c6ccccc6)cc6ccccc65)cc4)cc3n2-c2ccc(-n3c(-c4ccccc4)cc4ccccc43)cc2)cc1. The first-order valence-corrected chi connectivity index (χ1v) is 23.4. The van der Waals surface area contributed by atoms with Gasteiger partial charge in [-0.15, -0.1) is 0 Å². The van der Waals surface area contributed by atoms with E-state index in [9.17, 15) is 0 Å². The monoisotopic (exact) mass is 870 g/mol. The van der Waals surface area contributed by atoms with Gasteiger partial charge in [0, 0.05) is 44.3 Å². The lowest BCUT2D eigenvalue weighted by Gasteiger charge is -2.16. The summed E-state index contributed by atoms with van der Waals surface area (Å²) in [6.45, 7) is 4.30. The van der Waals surface area contributed by atoms with Gasteiger partial charge in [0.25, 0.3) is 0 Å². The third-order valence-corrected chi connectivity index (χ3v) is 13.7. The lowest BCUT2D eigenvalue weighted by molar-refractivity contribution is 1.10. The van der Waals surface area contributed by atoms with Crippen LogP contribution < -0.4 is 0 Å². The first-order valence-electron chi connectivity index (χ1n) is 23.4. The average Bonchev–Trinajstić information content (AvgIpc) is 4.17. The van der Waals surface area contributed by atoms with E-state index in [0.717, 1.165) is 45.2 Å². The predicted octanol–water partition coefficient (Wildman–Crippen LogP) is 16.7.